The average molecular weight is 405 g/mol. The third-order valence-electron chi connectivity index (χ3n) is 3.91. The van der Waals surface area contributed by atoms with Crippen molar-refractivity contribution in [2.24, 2.45) is 0 Å². The van der Waals surface area contributed by atoms with E-state index >= 15 is 0 Å². The van der Waals surface area contributed by atoms with E-state index in [2.05, 4.69) is 9.82 Å². The van der Waals surface area contributed by atoms with E-state index in [1.54, 1.807) is 0 Å². The van der Waals surface area contributed by atoms with Gasteiger partial charge in [0.05, 0.1) is 11.4 Å². The van der Waals surface area contributed by atoms with Crippen LogP contribution in [0.3, 0.4) is 0 Å². The van der Waals surface area contributed by atoms with Gasteiger partial charge in [-0.15, -0.1) is 0 Å². The van der Waals surface area contributed by atoms with Crippen molar-refractivity contribution in [1.82, 2.24) is 14.5 Å². The van der Waals surface area contributed by atoms with E-state index in [4.69, 9.17) is 5.11 Å². The standard InChI is InChI=1S/C18H16FN3O5S/c19-14-5-1-12(2-6-14)10-20-28(26,27)11-13-3-7-15(8-4-13)22-17(23)9-16(21-22)18(24)25/h1-9,20-21H,10-11H2,(H,24,25). The number of aromatic carboxylic acids is 1. The van der Waals surface area contributed by atoms with Gasteiger partial charge in [0.1, 0.15) is 11.5 Å². The zero-order chi connectivity index (χ0) is 20.3. The van der Waals surface area contributed by atoms with Crippen molar-refractivity contribution in [3.8, 4) is 5.69 Å². The van der Waals surface area contributed by atoms with Crippen LogP contribution in [0.25, 0.3) is 5.69 Å². The summed E-state index contributed by atoms with van der Waals surface area (Å²) in [7, 11) is -3.63. The average Bonchev–Trinajstić information content (AvgIpc) is 3.04. The van der Waals surface area contributed by atoms with Crippen molar-refractivity contribution in [2.45, 2.75) is 12.3 Å². The number of H-pyrrole nitrogens is 1. The number of halogens is 1. The number of benzene rings is 2. The van der Waals surface area contributed by atoms with Crippen LogP contribution in [-0.2, 0) is 22.3 Å². The van der Waals surface area contributed by atoms with Crippen LogP contribution in [-0.4, -0.2) is 29.3 Å². The second kappa shape index (κ2) is 7.79. The molecule has 28 heavy (non-hydrogen) atoms. The summed E-state index contributed by atoms with van der Waals surface area (Å²) in [6.45, 7) is 0.0382. The normalized spacial score (nSPS) is 11.5. The molecule has 1 aromatic heterocycles. The van der Waals surface area contributed by atoms with E-state index in [0.29, 0.717) is 16.8 Å². The molecule has 0 aliphatic carbocycles. The number of sulfonamides is 1. The Bertz CT molecular complexity index is 1150. The molecule has 3 N–H and O–H groups in total. The molecule has 3 aromatic rings. The van der Waals surface area contributed by atoms with Crippen molar-refractivity contribution in [3.63, 3.8) is 0 Å². The fraction of sp³-hybridized carbons (Fsp3) is 0.111. The van der Waals surface area contributed by atoms with E-state index in [0.717, 1.165) is 10.7 Å². The van der Waals surface area contributed by atoms with Crippen molar-refractivity contribution in [1.29, 1.82) is 0 Å². The molecule has 0 bridgehead atoms. The van der Waals surface area contributed by atoms with Crippen LogP contribution in [0.15, 0.2) is 59.4 Å². The number of aromatic nitrogens is 2. The highest BCUT2D eigenvalue weighted by molar-refractivity contribution is 7.88. The molecule has 0 aliphatic heterocycles. The third kappa shape index (κ3) is 4.72. The molecule has 1 heterocycles. The monoisotopic (exact) mass is 405 g/mol. The molecule has 146 valence electrons. The van der Waals surface area contributed by atoms with Gasteiger partial charge in [-0.05, 0) is 35.4 Å². The molecule has 0 spiro atoms. The second-order valence-corrected chi connectivity index (χ2v) is 7.83. The number of carboxylic acid groups (broad SMARTS) is 1. The number of nitrogens with zero attached hydrogens (tertiary/aromatic N) is 1. The molecule has 2 aromatic carbocycles. The Labute approximate surface area is 159 Å². The highest BCUT2D eigenvalue weighted by Gasteiger charge is 2.13. The Balaban J connectivity index is 1.68. The van der Waals surface area contributed by atoms with Gasteiger partial charge in [-0.2, -0.15) is 0 Å². The maximum Gasteiger partial charge on any atom is 0.353 e. The highest BCUT2D eigenvalue weighted by atomic mass is 32.2. The molecule has 0 amide bonds. The van der Waals surface area contributed by atoms with Crippen LogP contribution < -0.4 is 10.3 Å². The van der Waals surface area contributed by atoms with Crippen molar-refractivity contribution in [3.05, 3.63) is 87.6 Å². The van der Waals surface area contributed by atoms with Gasteiger partial charge in [0, 0.05) is 12.6 Å². The van der Waals surface area contributed by atoms with E-state index < -0.39 is 27.4 Å². The van der Waals surface area contributed by atoms with Gasteiger partial charge < -0.3 is 5.11 Å². The molecule has 0 radical (unpaired) electrons. The molecular weight excluding hydrogens is 389 g/mol. The van der Waals surface area contributed by atoms with Gasteiger partial charge in [-0.3, -0.25) is 9.89 Å². The molecule has 8 nitrogen and oxygen atoms in total. The minimum atomic E-state index is -3.63. The smallest absolute Gasteiger partial charge is 0.353 e. The summed E-state index contributed by atoms with van der Waals surface area (Å²) in [5, 5.41) is 11.4. The van der Waals surface area contributed by atoms with E-state index in [9.17, 15) is 22.4 Å². The fourth-order valence-electron chi connectivity index (χ4n) is 2.50. The summed E-state index contributed by atoms with van der Waals surface area (Å²) in [6, 6.07) is 12.5. The Morgan fingerprint density at radius 2 is 1.68 bits per heavy atom. The van der Waals surface area contributed by atoms with Gasteiger partial charge >= 0.3 is 5.97 Å². The molecule has 0 aliphatic rings. The number of hydrogen-bond acceptors (Lipinski definition) is 4. The minimum absolute atomic E-state index is 0.0382. The number of carboxylic acids is 1. The Hall–Kier alpha value is -3.24. The van der Waals surface area contributed by atoms with Crippen LogP contribution in [0.1, 0.15) is 21.6 Å². The quantitative estimate of drug-likeness (QED) is 0.552. The predicted octanol–water partition coefficient (Wildman–Crippen LogP) is 1.62. The maximum absolute atomic E-state index is 12.9. The van der Waals surface area contributed by atoms with Gasteiger partial charge in [0.15, 0.2) is 0 Å². The molecule has 0 atom stereocenters. The molecule has 3 rings (SSSR count). The zero-order valence-corrected chi connectivity index (χ0v) is 15.2. The topological polar surface area (TPSA) is 121 Å². The molecule has 10 heteroatoms. The number of aromatic amines is 1. The molecule has 0 unspecified atom stereocenters. The Morgan fingerprint density at radius 3 is 2.25 bits per heavy atom. The first-order chi connectivity index (χ1) is 13.2. The summed E-state index contributed by atoms with van der Waals surface area (Å²) in [6.07, 6.45) is 0. The molecule has 0 saturated heterocycles. The highest BCUT2D eigenvalue weighted by Crippen LogP contribution is 2.11. The van der Waals surface area contributed by atoms with Crippen LogP contribution in [0.5, 0.6) is 0 Å². The number of nitrogens with one attached hydrogen (secondary N) is 2. The van der Waals surface area contributed by atoms with Gasteiger partial charge in [0.2, 0.25) is 10.0 Å². The number of carbonyl (C=O) groups is 1. The Morgan fingerprint density at radius 1 is 1.07 bits per heavy atom. The minimum Gasteiger partial charge on any atom is -0.477 e. The second-order valence-electron chi connectivity index (χ2n) is 6.02. The van der Waals surface area contributed by atoms with Crippen LogP contribution in [0.2, 0.25) is 0 Å². The van der Waals surface area contributed by atoms with Gasteiger partial charge in [0.25, 0.3) is 5.56 Å². The maximum atomic E-state index is 12.9. The largest absolute Gasteiger partial charge is 0.477 e. The summed E-state index contributed by atoms with van der Waals surface area (Å²) in [4.78, 5) is 22.8. The van der Waals surface area contributed by atoms with Gasteiger partial charge in [-0.25, -0.2) is 27.0 Å². The zero-order valence-electron chi connectivity index (χ0n) is 14.4. The lowest BCUT2D eigenvalue weighted by Crippen LogP contribution is -2.24. The summed E-state index contributed by atoms with van der Waals surface area (Å²) >= 11 is 0. The third-order valence-corrected chi connectivity index (χ3v) is 5.21. The Kier molecular flexibility index (Phi) is 5.43. The van der Waals surface area contributed by atoms with E-state index in [1.807, 2.05) is 0 Å². The van der Waals surface area contributed by atoms with E-state index in [-0.39, 0.29) is 18.0 Å². The first-order valence-electron chi connectivity index (χ1n) is 8.10. The van der Waals surface area contributed by atoms with E-state index in [1.165, 1.54) is 48.5 Å². The molecular formula is C18H16FN3O5S. The number of hydrogen-bond donors (Lipinski definition) is 3. The lowest BCUT2D eigenvalue weighted by Gasteiger charge is -2.08. The SMILES string of the molecule is O=C(O)c1cc(=O)n(-c2ccc(CS(=O)(=O)NCc3ccc(F)cc3)cc2)[nH]1. The van der Waals surface area contributed by atoms with Crippen LogP contribution >= 0.6 is 0 Å². The van der Waals surface area contributed by atoms with Crippen molar-refractivity contribution >= 4 is 16.0 Å². The lowest BCUT2D eigenvalue weighted by molar-refractivity contribution is 0.0690. The summed E-state index contributed by atoms with van der Waals surface area (Å²) in [5.41, 5.74) is 0.687. The lowest BCUT2D eigenvalue weighted by atomic mass is 10.2. The van der Waals surface area contributed by atoms with Crippen LogP contribution in [0, 0.1) is 5.82 Å². The first-order valence-corrected chi connectivity index (χ1v) is 9.75. The predicted molar refractivity (Wildman–Crippen MR) is 99.2 cm³/mol. The fourth-order valence-corrected chi connectivity index (χ4v) is 3.62. The van der Waals surface area contributed by atoms with Crippen molar-refractivity contribution < 1.29 is 22.7 Å². The van der Waals surface area contributed by atoms with Crippen LogP contribution in [0.4, 0.5) is 4.39 Å². The summed E-state index contributed by atoms with van der Waals surface area (Å²) in [5.74, 6) is -1.94. The van der Waals surface area contributed by atoms with Crippen molar-refractivity contribution in [2.75, 3.05) is 0 Å². The molecule has 0 fully saturated rings. The van der Waals surface area contributed by atoms with Gasteiger partial charge in [-0.1, -0.05) is 24.3 Å². The first kappa shape index (κ1) is 19.5. The summed E-state index contributed by atoms with van der Waals surface area (Å²) < 4.78 is 40.8. The molecule has 0 saturated carbocycles. The number of rotatable bonds is 7.